The normalized spacial score (nSPS) is 39.7. The average molecular weight is 429 g/mol. The number of halogens is 2. The van der Waals surface area contributed by atoms with Crippen molar-refractivity contribution >= 4 is 49.4 Å². The van der Waals surface area contributed by atoms with Crippen molar-refractivity contribution in [3.63, 3.8) is 0 Å². The van der Waals surface area contributed by atoms with Crippen molar-refractivity contribution in [2.45, 2.75) is 23.0 Å². The number of amides is 2. The van der Waals surface area contributed by atoms with Crippen LogP contribution >= 0.6 is 31.9 Å². The second kappa shape index (κ2) is 4.81. The molecular formula is C16H15Br2NO3. The first-order valence-corrected chi connectivity index (χ1v) is 9.20. The van der Waals surface area contributed by atoms with Crippen LogP contribution in [0.4, 0.5) is 5.69 Å². The maximum atomic E-state index is 12.9. The zero-order valence-corrected chi connectivity index (χ0v) is 15.0. The fraction of sp³-hybridized carbons (Fsp3) is 0.500. The molecule has 2 saturated carbocycles. The average Bonchev–Trinajstić information content (AvgIpc) is 3.06. The van der Waals surface area contributed by atoms with Crippen LogP contribution in [0, 0.1) is 30.6 Å². The number of phenolic OH excluding ortho intramolecular Hbond substituents is 1. The monoisotopic (exact) mass is 427 g/mol. The summed E-state index contributed by atoms with van der Waals surface area (Å²) in [4.78, 5) is 27.6. The first-order valence-electron chi connectivity index (χ1n) is 7.37. The number of carbonyl (C=O) groups excluding carboxylic acids is 2. The third kappa shape index (κ3) is 1.74. The van der Waals surface area contributed by atoms with E-state index in [0.29, 0.717) is 5.69 Å². The van der Waals surface area contributed by atoms with Gasteiger partial charge in [-0.2, -0.15) is 0 Å². The van der Waals surface area contributed by atoms with Crippen LogP contribution in [0.1, 0.15) is 12.0 Å². The summed E-state index contributed by atoms with van der Waals surface area (Å²) in [6.07, 6.45) is 0.932. The molecular weight excluding hydrogens is 414 g/mol. The van der Waals surface area contributed by atoms with Crippen molar-refractivity contribution in [3.05, 3.63) is 23.8 Å². The van der Waals surface area contributed by atoms with Crippen molar-refractivity contribution < 1.29 is 14.7 Å². The van der Waals surface area contributed by atoms with E-state index < -0.39 is 0 Å². The molecule has 1 aromatic rings. The van der Waals surface area contributed by atoms with E-state index in [2.05, 4.69) is 31.9 Å². The molecule has 0 aromatic heterocycles. The number of benzene rings is 1. The third-order valence-corrected chi connectivity index (χ3v) is 8.62. The molecule has 2 amide bonds. The molecule has 2 bridgehead atoms. The van der Waals surface area contributed by atoms with E-state index in [1.807, 2.05) is 0 Å². The number of hydrogen-bond donors (Lipinski definition) is 1. The van der Waals surface area contributed by atoms with Crippen molar-refractivity contribution in [1.29, 1.82) is 0 Å². The largest absolute Gasteiger partial charge is 0.508 e. The van der Waals surface area contributed by atoms with Gasteiger partial charge in [-0.3, -0.25) is 9.59 Å². The predicted molar refractivity (Wildman–Crippen MR) is 89.3 cm³/mol. The third-order valence-electron chi connectivity index (χ3n) is 5.41. The van der Waals surface area contributed by atoms with E-state index in [1.54, 1.807) is 19.1 Å². The zero-order chi connectivity index (χ0) is 15.8. The quantitative estimate of drug-likeness (QED) is 0.552. The molecule has 1 heterocycles. The van der Waals surface area contributed by atoms with E-state index in [4.69, 9.17) is 0 Å². The second-order valence-corrected chi connectivity index (χ2v) is 8.60. The predicted octanol–water partition coefficient (Wildman–Crippen LogP) is 2.98. The molecule has 4 nitrogen and oxygen atoms in total. The number of aromatic hydroxyl groups is 1. The maximum Gasteiger partial charge on any atom is 0.238 e. The highest BCUT2D eigenvalue weighted by molar-refractivity contribution is 9.12. The number of alkyl halides is 2. The molecule has 4 rings (SSSR count). The number of fused-ring (bicyclic) bond motifs is 5. The van der Waals surface area contributed by atoms with Gasteiger partial charge in [-0.25, -0.2) is 4.90 Å². The SMILES string of the molecule is Cc1cc(O)ccc1N1C(=O)[C@H]2[C@@H]3C[C@H]([C@@H](Br)[C@H]3Br)[C@@H]2C1=O. The van der Waals surface area contributed by atoms with Gasteiger partial charge in [-0.15, -0.1) is 0 Å². The van der Waals surface area contributed by atoms with E-state index in [-0.39, 0.29) is 50.9 Å². The Morgan fingerprint density at radius 3 is 2.14 bits per heavy atom. The number of aryl methyl sites for hydroxylation is 1. The van der Waals surface area contributed by atoms with Crippen molar-refractivity contribution in [3.8, 4) is 5.75 Å². The molecule has 1 saturated heterocycles. The molecule has 2 aliphatic carbocycles. The number of rotatable bonds is 1. The smallest absolute Gasteiger partial charge is 0.238 e. The molecule has 0 radical (unpaired) electrons. The van der Waals surface area contributed by atoms with Crippen LogP contribution in [0.3, 0.4) is 0 Å². The topological polar surface area (TPSA) is 57.6 Å². The fourth-order valence-corrected chi connectivity index (χ4v) is 6.35. The molecule has 0 spiro atoms. The van der Waals surface area contributed by atoms with Gasteiger partial charge in [0.25, 0.3) is 0 Å². The minimum atomic E-state index is -0.205. The van der Waals surface area contributed by atoms with Crippen LogP contribution in [-0.4, -0.2) is 26.6 Å². The molecule has 6 heteroatoms. The Morgan fingerprint density at radius 2 is 1.64 bits per heavy atom. The summed E-state index contributed by atoms with van der Waals surface area (Å²) in [6.45, 7) is 1.80. The lowest BCUT2D eigenvalue weighted by Crippen LogP contribution is -2.37. The summed E-state index contributed by atoms with van der Waals surface area (Å²) >= 11 is 7.37. The van der Waals surface area contributed by atoms with Gasteiger partial charge in [-0.05, 0) is 48.9 Å². The van der Waals surface area contributed by atoms with Crippen molar-refractivity contribution in [2.24, 2.45) is 23.7 Å². The molecule has 0 unspecified atom stereocenters. The highest BCUT2D eigenvalue weighted by Gasteiger charge is 2.66. The van der Waals surface area contributed by atoms with E-state index >= 15 is 0 Å². The lowest BCUT2D eigenvalue weighted by Gasteiger charge is -2.28. The Hall–Kier alpha value is -0.880. The molecule has 1 aliphatic heterocycles. The highest BCUT2D eigenvalue weighted by atomic mass is 79.9. The van der Waals surface area contributed by atoms with Crippen LogP contribution < -0.4 is 4.90 Å². The standard InChI is InChI=1S/C16H15Br2NO3/c1-6-4-7(20)2-3-10(6)19-15(21)11-8-5-9(12(11)16(19)22)14(18)13(8)17/h2-4,8-9,11-14,20H,5H2,1H3/t8-,9-,11-,12-,13-,14+/m0/s1. The molecule has 3 fully saturated rings. The number of hydrogen-bond acceptors (Lipinski definition) is 3. The molecule has 3 aliphatic rings. The molecule has 1 aromatic carbocycles. The lowest BCUT2D eigenvalue weighted by atomic mass is 9.81. The van der Waals surface area contributed by atoms with Crippen LogP contribution in [0.25, 0.3) is 0 Å². The number of nitrogens with zero attached hydrogens (tertiary/aromatic N) is 1. The second-order valence-electron chi connectivity index (χ2n) is 6.49. The molecule has 116 valence electrons. The van der Waals surface area contributed by atoms with Gasteiger partial charge in [-0.1, -0.05) is 31.9 Å². The van der Waals surface area contributed by atoms with E-state index in [9.17, 15) is 14.7 Å². The van der Waals surface area contributed by atoms with E-state index in [0.717, 1.165) is 12.0 Å². The maximum absolute atomic E-state index is 12.9. The van der Waals surface area contributed by atoms with Crippen molar-refractivity contribution in [1.82, 2.24) is 0 Å². The first-order chi connectivity index (χ1) is 10.4. The number of carbonyl (C=O) groups is 2. The van der Waals surface area contributed by atoms with Gasteiger partial charge < -0.3 is 5.11 Å². The highest BCUT2D eigenvalue weighted by Crippen LogP contribution is 2.60. The Bertz CT molecular complexity index is 660. The van der Waals surface area contributed by atoms with Gasteiger partial charge in [0.05, 0.1) is 17.5 Å². The number of imide groups is 1. The fourth-order valence-electron chi connectivity index (χ4n) is 4.48. The minimum Gasteiger partial charge on any atom is -0.508 e. The summed E-state index contributed by atoms with van der Waals surface area (Å²) in [7, 11) is 0. The summed E-state index contributed by atoms with van der Waals surface area (Å²) < 4.78 is 0. The van der Waals surface area contributed by atoms with Crippen molar-refractivity contribution in [2.75, 3.05) is 4.90 Å². The summed E-state index contributed by atoms with van der Waals surface area (Å²) in [5.74, 6) is 0.00572. The molecule has 6 atom stereocenters. The lowest BCUT2D eigenvalue weighted by molar-refractivity contribution is -0.123. The van der Waals surface area contributed by atoms with Gasteiger partial charge in [0.2, 0.25) is 11.8 Å². The van der Waals surface area contributed by atoms with Gasteiger partial charge >= 0.3 is 0 Å². The van der Waals surface area contributed by atoms with Gasteiger partial charge in [0, 0.05) is 9.65 Å². The minimum absolute atomic E-state index is 0.0832. The molecule has 1 N–H and O–H groups in total. The number of anilines is 1. The Labute approximate surface area is 145 Å². The van der Waals surface area contributed by atoms with Crippen LogP contribution in [0.2, 0.25) is 0 Å². The van der Waals surface area contributed by atoms with Crippen LogP contribution in [0.15, 0.2) is 18.2 Å². The summed E-state index contributed by atoms with van der Waals surface area (Å²) in [6, 6.07) is 4.76. The van der Waals surface area contributed by atoms with Gasteiger partial charge in [0.15, 0.2) is 0 Å². The Morgan fingerprint density at radius 1 is 1.09 bits per heavy atom. The Balaban J connectivity index is 1.76. The first kappa shape index (κ1) is 14.7. The summed E-state index contributed by atoms with van der Waals surface area (Å²) in [5.41, 5.74) is 1.33. The Kier molecular flexibility index (Phi) is 3.21. The van der Waals surface area contributed by atoms with Crippen LogP contribution in [0.5, 0.6) is 5.75 Å². The van der Waals surface area contributed by atoms with E-state index in [1.165, 1.54) is 11.0 Å². The summed E-state index contributed by atoms with van der Waals surface area (Å²) in [5, 5.41) is 9.54. The number of phenols is 1. The molecule has 22 heavy (non-hydrogen) atoms. The van der Waals surface area contributed by atoms with Gasteiger partial charge in [0.1, 0.15) is 5.75 Å². The zero-order valence-electron chi connectivity index (χ0n) is 11.9. The van der Waals surface area contributed by atoms with Crippen LogP contribution in [-0.2, 0) is 9.59 Å².